The summed E-state index contributed by atoms with van der Waals surface area (Å²) in [5.41, 5.74) is 8.75. The first-order valence-electron chi connectivity index (χ1n) is 9.67. The molecule has 3 N–H and O–H groups in total. The molecule has 7 nitrogen and oxygen atoms in total. The summed E-state index contributed by atoms with van der Waals surface area (Å²) >= 11 is 0. The summed E-state index contributed by atoms with van der Waals surface area (Å²) in [6.45, 7) is 4.91. The van der Waals surface area contributed by atoms with Gasteiger partial charge in [0.2, 0.25) is 5.95 Å². The molecule has 0 radical (unpaired) electrons. The van der Waals surface area contributed by atoms with Crippen molar-refractivity contribution in [3.63, 3.8) is 0 Å². The summed E-state index contributed by atoms with van der Waals surface area (Å²) in [6, 6.07) is 13.6. The van der Waals surface area contributed by atoms with Gasteiger partial charge in [0.1, 0.15) is 17.4 Å². The van der Waals surface area contributed by atoms with E-state index in [1.807, 2.05) is 24.3 Å². The van der Waals surface area contributed by atoms with Gasteiger partial charge in [0.15, 0.2) is 5.65 Å². The minimum Gasteiger partial charge on any atom is -0.496 e. The van der Waals surface area contributed by atoms with Gasteiger partial charge in [0, 0.05) is 12.1 Å². The number of anilines is 2. The van der Waals surface area contributed by atoms with Gasteiger partial charge in [-0.05, 0) is 36.2 Å². The van der Waals surface area contributed by atoms with Crippen molar-refractivity contribution >= 4 is 22.8 Å². The van der Waals surface area contributed by atoms with Gasteiger partial charge in [0.25, 0.3) is 0 Å². The highest BCUT2D eigenvalue weighted by atomic mass is 19.1. The highest BCUT2D eigenvalue weighted by Gasteiger charge is 2.21. The monoisotopic (exact) mass is 406 g/mol. The molecule has 0 aliphatic carbocycles. The van der Waals surface area contributed by atoms with Crippen molar-refractivity contribution in [1.82, 2.24) is 19.7 Å². The number of nitrogens with two attached hydrogens (primary N) is 1. The highest BCUT2D eigenvalue weighted by Crippen LogP contribution is 2.37. The van der Waals surface area contributed by atoms with Crippen LogP contribution in [-0.4, -0.2) is 33.4 Å². The van der Waals surface area contributed by atoms with Crippen molar-refractivity contribution in [2.45, 2.75) is 13.8 Å². The summed E-state index contributed by atoms with van der Waals surface area (Å²) in [5.74, 6) is 1.47. The number of hydrogen-bond donors (Lipinski definition) is 2. The molecule has 0 bridgehead atoms. The number of hydrogen-bond acceptors (Lipinski definition) is 6. The first-order valence-corrected chi connectivity index (χ1v) is 9.67. The second-order valence-corrected chi connectivity index (χ2v) is 7.35. The average molecular weight is 406 g/mol. The minimum absolute atomic E-state index is 0.326. The van der Waals surface area contributed by atoms with Crippen LogP contribution in [0.2, 0.25) is 0 Å². The molecule has 0 amide bonds. The van der Waals surface area contributed by atoms with E-state index in [0.717, 1.165) is 5.56 Å². The van der Waals surface area contributed by atoms with Gasteiger partial charge in [-0.15, -0.1) is 5.10 Å². The molecule has 30 heavy (non-hydrogen) atoms. The SMILES string of the molecule is COc1ccccc1-c1nc(NCC(C)C)nc2nn(-c3cccc(F)c3)c(N)c12. The maximum absolute atomic E-state index is 13.8. The molecule has 2 heterocycles. The number of ether oxygens (including phenoxy) is 1. The van der Waals surface area contributed by atoms with Crippen molar-refractivity contribution in [3.8, 4) is 22.7 Å². The quantitative estimate of drug-likeness (QED) is 0.497. The van der Waals surface area contributed by atoms with Gasteiger partial charge >= 0.3 is 0 Å². The predicted octanol–water partition coefficient (Wildman–Crippen LogP) is 4.28. The number of benzene rings is 2. The lowest BCUT2D eigenvalue weighted by Gasteiger charge is -2.12. The summed E-state index contributed by atoms with van der Waals surface area (Å²) in [6.07, 6.45) is 0. The van der Waals surface area contributed by atoms with E-state index in [-0.39, 0.29) is 5.82 Å². The number of methoxy groups -OCH3 is 1. The van der Waals surface area contributed by atoms with Gasteiger partial charge in [-0.25, -0.2) is 14.1 Å². The molecular weight excluding hydrogens is 383 g/mol. The minimum atomic E-state index is -0.373. The largest absolute Gasteiger partial charge is 0.496 e. The fourth-order valence-corrected chi connectivity index (χ4v) is 3.23. The van der Waals surface area contributed by atoms with Crippen molar-refractivity contribution in [2.24, 2.45) is 5.92 Å². The van der Waals surface area contributed by atoms with Crippen LogP contribution in [0.25, 0.3) is 28.0 Å². The molecule has 0 unspecified atom stereocenters. The third kappa shape index (κ3) is 3.63. The van der Waals surface area contributed by atoms with Gasteiger partial charge in [0.05, 0.1) is 23.9 Å². The van der Waals surface area contributed by atoms with Crippen molar-refractivity contribution < 1.29 is 9.13 Å². The molecule has 0 saturated heterocycles. The Balaban J connectivity index is 1.97. The van der Waals surface area contributed by atoms with E-state index in [9.17, 15) is 4.39 Å². The normalized spacial score (nSPS) is 11.2. The Labute approximate surface area is 173 Å². The number of fused-ring (bicyclic) bond motifs is 1. The van der Waals surface area contributed by atoms with Gasteiger partial charge in [-0.3, -0.25) is 0 Å². The Hall–Kier alpha value is -3.68. The average Bonchev–Trinajstić information content (AvgIpc) is 3.08. The number of aromatic nitrogens is 4. The molecule has 0 atom stereocenters. The van der Waals surface area contributed by atoms with E-state index >= 15 is 0 Å². The van der Waals surface area contributed by atoms with Gasteiger partial charge in [-0.2, -0.15) is 4.98 Å². The standard InChI is InChI=1S/C22H23FN6O/c1-13(2)12-25-22-26-19(16-9-4-5-10-17(16)30-3)18-20(24)29(28-21(18)27-22)15-8-6-7-14(23)11-15/h4-11,13H,12,24H2,1-3H3,(H,25,27,28). The van der Waals surface area contributed by atoms with Crippen LogP contribution in [0.1, 0.15) is 13.8 Å². The Kier molecular flexibility index (Phi) is 5.22. The second-order valence-electron chi connectivity index (χ2n) is 7.35. The summed E-state index contributed by atoms with van der Waals surface area (Å²) < 4.78 is 20.8. The zero-order chi connectivity index (χ0) is 21.3. The van der Waals surface area contributed by atoms with Crippen LogP contribution in [0, 0.1) is 11.7 Å². The number of nitrogens with one attached hydrogen (secondary N) is 1. The van der Waals surface area contributed by atoms with Crippen LogP contribution in [0.15, 0.2) is 48.5 Å². The van der Waals surface area contributed by atoms with E-state index in [1.165, 1.54) is 16.8 Å². The second kappa shape index (κ2) is 7.98. The lowest BCUT2D eigenvalue weighted by atomic mass is 10.1. The smallest absolute Gasteiger partial charge is 0.225 e. The van der Waals surface area contributed by atoms with Crippen molar-refractivity contribution in [3.05, 3.63) is 54.3 Å². The molecule has 0 fully saturated rings. The Bertz CT molecular complexity index is 1200. The molecule has 4 rings (SSSR count). The molecular formula is C22H23FN6O. The fraction of sp³-hybridized carbons (Fsp3) is 0.227. The lowest BCUT2D eigenvalue weighted by Crippen LogP contribution is -2.11. The van der Waals surface area contributed by atoms with E-state index in [1.54, 1.807) is 19.2 Å². The van der Waals surface area contributed by atoms with E-state index < -0.39 is 0 Å². The topological polar surface area (TPSA) is 90.9 Å². The van der Waals surface area contributed by atoms with Crippen LogP contribution in [-0.2, 0) is 0 Å². The summed E-state index contributed by atoms with van der Waals surface area (Å²) in [5, 5.41) is 8.38. The first-order chi connectivity index (χ1) is 14.5. The van der Waals surface area contributed by atoms with Crippen LogP contribution in [0.4, 0.5) is 16.2 Å². The zero-order valence-corrected chi connectivity index (χ0v) is 17.1. The number of rotatable bonds is 6. The Morgan fingerprint density at radius 3 is 2.67 bits per heavy atom. The molecule has 154 valence electrons. The molecule has 0 spiro atoms. The predicted molar refractivity (Wildman–Crippen MR) is 116 cm³/mol. The third-order valence-electron chi connectivity index (χ3n) is 4.65. The zero-order valence-electron chi connectivity index (χ0n) is 17.1. The molecule has 0 aliphatic heterocycles. The van der Waals surface area contributed by atoms with Crippen molar-refractivity contribution in [2.75, 3.05) is 24.7 Å². The molecule has 2 aromatic heterocycles. The first kappa shape index (κ1) is 19.6. The van der Waals surface area contributed by atoms with Crippen LogP contribution in [0.3, 0.4) is 0 Å². The number of halogens is 1. The number of nitrogens with zero attached hydrogens (tertiary/aromatic N) is 4. The molecule has 0 aliphatic rings. The number of para-hydroxylation sites is 1. The fourth-order valence-electron chi connectivity index (χ4n) is 3.23. The summed E-state index contributed by atoms with van der Waals surface area (Å²) in [4.78, 5) is 9.28. The van der Waals surface area contributed by atoms with Crippen LogP contribution in [0.5, 0.6) is 5.75 Å². The van der Waals surface area contributed by atoms with Gasteiger partial charge in [-0.1, -0.05) is 32.0 Å². The maximum Gasteiger partial charge on any atom is 0.225 e. The van der Waals surface area contributed by atoms with Crippen LogP contribution >= 0.6 is 0 Å². The highest BCUT2D eigenvalue weighted by molar-refractivity contribution is 6.00. The molecule has 0 saturated carbocycles. The van der Waals surface area contributed by atoms with E-state index in [0.29, 0.717) is 52.4 Å². The molecule has 4 aromatic rings. The van der Waals surface area contributed by atoms with Crippen LogP contribution < -0.4 is 15.8 Å². The molecule has 8 heteroatoms. The Morgan fingerprint density at radius 1 is 1.13 bits per heavy atom. The van der Waals surface area contributed by atoms with E-state index in [4.69, 9.17) is 15.5 Å². The maximum atomic E-state index is 13.8. The Morgan fingerprint density at radius 2 is 1.93 bits per heavy atom. The summed E-state index contributed by atoms with van der Waals surface area (Å²) in [7, 11) is 1.61. The van der Waals surface area contributed by atoms with E-state index in [2.05, 4.69) is 29.2 Å². The van der Waals surface area contributed by atoms with Crippen molar-refractivity contribution in [1.29, 1.82) is 0 Å². The van der Waals surface area contributed by atoms with Gasteiger partial charge < -0.3 is 15.8 Å². The number of nitrogen functional groups attached to an aromatic ring is 1. The molecule has 2 aromatic carbocycles. The lowest BCUT2D eigenvalue weighted by molar-refractivity contribution is 0.416. The third-order valence-corrected chi connectivity index (χ3v) is 4.65.